The van der Waals surface area contributed by atoms with Crippen LogP contribution in [-0.2, 0) is 0 Å². The topological polar surface area (TPSA) is 50.9 Å². The van der Waals surface area contributed by atoms with Gasteiger partial charge in [0.05, 0.1) is 0 Å². The quantitative estimate of drug-likeness (QED) is 0.736. The number of nitrogens with zero attached hydrogens (tertiary/aromatic N) is 1. The van der Waals surface area contributed by atoms with E-state index in [1.54, 1.807) is 0 Å². The van der Waals surface area contributed by atoms with Gasteiger partial charge in [0.1, 0.15) is 10.8 Å². The molecule has 1 aliphatic rings. The Morgan fingerprint density at radius 2 is 2.42 bits per heavy atom. The lowest BCUT2D eigenvalue weighted by molar-refractivity contribution is 0.631. The first-order chi connectivity index (χ1) is 5.58. The van der Waals surface area contributed by atoms with Crippen molar-refractivity contribution in [2.24, 2.45) is 5.41 Å². The highest BCUT2D eigenvalue weighted by Crippen LogP contribution is 2.46. The number of aromatic nitrogens is 1. The van der Waals surface area contributed by atoms with E-state index in [9.17, 15) is 0 Å². The Bertz CT molecular complexity index is 292. The summed E-state index contributed by atoms with van der Waals surface area (Å²) in [6, 6.07) is 2.50. The molecular weight excluding hydrogens is 170 g/mol. The molecule has 3 nitrogen and oxygen atoms in total. The molecule has 1 heterocycles. The van der Waals surface area contributed by atoms with Crippen molar-refractivity contribution in [2.75, 3.05) is 11.1 Å². The summed E-state index contributed by atoms with van der Waals surface area (Å²) >= 11 is 1.43. The molecule has 1 aromatic heterocycles. The number of rotatable bonds is 2. The van der Waals surface area contributed by atoms with Gasteiger partial charge in [-0.3, -0.25) is 0 Å². The first-order valence-corrected chi connectivity index (χ1v) is 4.84. The molecule has 1 fully saturated rings. The Kier molecular flexibility index (Phi) is 1.54. The lowest BCUT2D eigenvalue weighted by atomic mass is 10.2. The lowest BCUT2D eigenvalue weighted by Crippen LogP contribution is -2.06. The molecule has 1 atom stereocenters. The van der Waals surface area contributed by atoms with Gasteiger partial charge in [-0.1, -0.05) is 13.8 Å². The summed E-state index contributed by atoms with van der Waals surface area (Å²) in [5.41, 5.74) is 5.96. The van der Waals surface area contributed by atoms with Gasteiger partial charge in [-0.2, -0.15) is 4.37 Å². The molecular formula is C8H13N3S. The first-order valence-electron chi connectivity index (χ1n) is 4.07. The molecule has 1 aromatic rings. The van der Waals surface area contributed by atoms with Crippen LogP contribution >= 0.6 is 11.5 Å². The molecule has 2 rings (SSSR count). The predicted octanol–water partition coefficient (Wildman–Crippen LogP) is 1.94. The van der Waals surface area contributed by atoms with E-state index in [2.05, 4.69) is 23.5 Å². The number of hydrogen-bond acceptors (Lipinski definition) is 4. The number of nitrogens with two attached hydrogens (primary N) is 1. The van der Waals surface area contributed by atoms with Crippen molar-refractivity contribution in [1.82, 2.24) is 4.37 Å². The van der Waals surface area contributed by atoms with Crippen LogP contribution in [0.3, 0.4) is 0 Å². The van der Waals surface area contributed by atoms with Crippen molar-refractivity contribution in [3.05, 3.63) is 6.07 Å². The molecule has 66 valence electrons. The molecule has 0 aromatic carbocycles. The van der Waals surface area contributed by atoms with E-state index in [0.29, 0.717) is 17.3 Å². The minimum atomic E-state index is 0.457. The SMILES string of the molecule is CC1(C)CC1Nc1cc(N)ns1. The molecule has 0 amide bonds. The van der Waals surface area contributed by atoms with Crippen LogP contribution in [0.1, 0.15) is 20.3 Å². The Labute approximate surface area is 76.1 Å². The third-order valence-electron chi connectivity index (χ3n) is 2.36. The van der Waals surface area contributed by atoms with Crippen LogP contribution in [0.2, 0.25) is 0 Å². The summed E-state index contributed by atoms with van der Waals surface area (Å²) in [6.45, 7) is 4.52. The normalized spacial score (nSPS) is 25.3. The van der Waals surface area contributed by atoms with E-state index in [0.717, 1.165) is 5.00 Å². The van der Waals surface area contributed by atoms with Crippen LogP contribution in [0.4, 0.5) is 10.8 Å². The third-order valence-corrected chi connectivity index (χ3v) is 3.09. The van der Waals surface area contributed by atoms with E-state index in [1.165, 1.54) is 18.0 Å². The molecule has 4 heteroatoms. The maximum atomic E-state index is 5.50. The van der Waals surface area contributed by atoms with Crippen LogP contribution in [-0.4, -0.2) is 10.4 Å². The minimum absolute atomic E-state index is 0.457. The van der Waals surface area contributed by atoms with E-state index < -0.39 is 0 Å². The van der Waals surface area contributed by atoms with Crippen molar-refractivity contribution in [3.8, 4) is 0 Å². The molecule has 1 saturated carbocycles. The highest BCUT2D eigenvalue weighted by molar-refractivity contribution is 7.10. The predicted molar refractivity (Wildman–Crippen MR) is 52.3 cm³/mol. The van der Waals surface area contributed by atoms with Gasteiger partial charge in [-0.25, -0.2) is 0 Å². The summed E-state index contributed by atoms with van der Waals surface area (Å²) in [5, 5.41) is 4.49. The van der Waals surface area contributed by atoms with Gasteiger partial charge in [0, 0.05) is 12.1 Å². The number of anilines is 2. The standard InChI is InChI=1S/C8H13N3S/c1-8(2)4-5(8)10-7-3-6(9)11-12-7/h3,5,10H,4H2,1-2H3,(H2,9,11). The zero-order valence-corrected chi connectivity index (χ0v) is 8.11. The summed E-state index contributed by atoms with van der Waals surface area (Å²) in [5.74, 6) is 0.612. The highest BCUT2D eigenvalue weighted by atomic mass is 32.1. The molecule has 12 heavy (non-hydrogen) atoms. The van der Waals surface area contributed by atoms with Gasteiger partial charge in [0.2, 0.25) is 0 Å². The molecule has 0 radical (unpaired) electrons. The Balaban J connectivity index is 1.97. The van der Waals surface area contributed by atoms with Gasteiger partial charge < -0.3 is 11.1 Å². The first kappa shape index (κ1) is 7.86. The van der Waals surface area contributed by atoms with Crippen molar-refractivity contribution in [3.63, 3.8) is 0 Å². The van der Waals surface area contributed by atoms with Crippen molar-refractivity contribution in [2.45, 2.75) is 26.3 Å². The number of hydrogen-bond donors (Lipinski definition) is 2. The summed E-state index contributed by atoms with van der Waals surface area (Å²) in [6.07, 6.45) is 1.24. The fourth-order valence-corrected chi connectivity index (χ4v) is 1.87. The second kappa shape index (κ2) is 2.36. The molecule has 3 N–H and O–H groups in total. The van der Waals surface area contributed by atoms with Gasteiger partial charge in [-0.15, -0.1) is 0 Å². The van der Waals surface area contributed by atoms with Crippen LogP contribution in [0.25, 0.3) is 0 Å². The van der Waals surface area contributed by atoms with Gasteiger partial charge in [-0.05, 0) is 23.4 Å². The molecule has 0 aliphatic heterocycles. The fraction of sp³-hybridized carbons (Fsp3) is 0.625. The highest BCUT2D eigenvalue weighted by Gasteiger charge is 2.45. The van der Waals surface area contributed by atoms with E-state index >= 15 is 0 Å². The fourth-order valence-electron chi connectivity index (χ4n) is 1.24. The largest absolute Gasteiger partial charge is 0.383 e. The Hall–Kier alpha value is -0.770. The number of nitrogens with one attached hydrogen (secondary N) is 1. The van der Waals surface area contributed by atoms with Crippen LogP contribution < -0.4 is 11.1 Å². The smallest absolute Gasteiger partial charge is 0.139 e. The van der Waals surface area contributed by atoms with Gasteiger partial charge in [0.25, 0.3) is 0 Å². The van der Waals surface area contributed by atoms with Crippen molar-refractivity contribution in [1.29, 1.82) is 0 Å². The minimum Gasteiger partial charge on any atom is -0.383 e. The van der Waals surface area contributed by atoms with Crippen molar-refractivity contribution >= 4 is 22.4 Å². The van der Waals surface area contributed by atoms with Crippen LogP contribution in [0.15, 0.2) is 6.07 Å². The summed E-state index contributed by atoms with van der Waals surface area (Å²) in [4.78, 5) is 0. The Morgan fingerprint density at radius 3 is 2.83 bits per heavy atom. The average Bonchev–Trinajstić information content (AvgIpc) is 2.41. The Morgan fingerprint density at radius 1 is 1.75 bits per heavy atom. The van der Waals surface area contributed by atoms with Crippen LogP contribution in [0.5, 0.6) is 0 Å². The van der Waals surface area contributed by atoms with Crippen molar-refractivity contribution < 1.29 is 0 Å². The maximum absolute atomic E-state index is 5.50. The summed E-state index contributed by atoms with van der Waals surface area (Å²) < 4.78 is 4.00. The monoisotopic (exact) mass is 183 g/mol. The average molecular weight is 183 g/mol. The lowest BCUT2D eigenvalue weighted by Gasteiger charge is -2.03. The van der Waals surface area contributed by atoms with Gasteiger partial charge in [0.15, 0.2) is 0 Å². The third kappa shape index (κ3) is 1.39. The summed E-state index contributed by atoms with van der Waals surface area (Å²) in [7, 11) is 0. The van der Waals surface area contributed by atoms with E-state index in [-0.39, 0.29) is 0 Å². The maximum Gasteiger partial charge on any atom is 0.139 e. The zero-order valence-electron chi connectivity index (χ0n) is 7.29. The second-order valence-corrected chi connectivity index (χ2v) is 4.81. The molecule has 0 saturated heterocycles. The molecule has 0 bridgehead atoms. The number of nitrogen functional groups attached to an aromatic ring is 1. The second-order valence-electron chi connectivity index (χ2n) is 4.01. The van der Waals surface area contributed by atoms with E-state index in [1.807, 2.05) is 6.07 Å². The van der Waals surface area contributed by atoms with Gasteiger partial charge >= 0.3 is 0 Å². The molecule has 0 spiro atoms. The molecule has 1 unspecified atom stereocenters. The molecule has 1 aliphatic carbocycles. The van der Waals surface area contributed by atoms with Crippen LogP contribution in [0, 0.1) is 5.41 Å². The van der Waals surface area contributed by atoms with E-state index in [4.69, 9.17) is 5.73 Å². The zero-order chi connectivity index (χ0) is 8.77.